The van der Waals surface area contributed by atoms with Gasteiger partial charge in [0.05, 0.1) is 12.8 Å². The molecule has 4 fully saturated rings. The number of hydrogen-bond donors (Lipinski definition) is 2. The molecule has 0 bridgehead atoms. The van der Waals surface area contributed by atoms with Crippen molar-refractivity contribution < 1.29 is 57.2 Å². The second kappa shape index (κ2) is 14.7. The summed E-state index contributed by atoms with van der Waals surface area (Å²) in [5.74, 6) is -7.40. The summed E-state index contributed by atoms with van der Waals surface area (Å²) in [4.78, 5) is 79.3. The lowest BCUT2D eigenvalue weighted by Crippen LogP contribution is -2.57. The number of halogens is 2. The third kappa shape index (κ3) is 6.27. The van der Waals surface area contributed by atoms with Crippen LogP contribution in [0.25, 0.3) is 0 Å². The summed E-state index contributed by atoms with van der Waals surface area (Å²) in [5.41, 5.74) is -3.11. The zero-order chi connectivity index (χ0) is 43.4. The first-order valence-corrected chi connectivity index (χ1v) is 21.5. The van der Waals surface area contributed by atoms with Gasteiger partial charge in [-0.3, -0.25) is 28.8 Å². The van der Waals surface area contributed by atoms with Gasteiger partial charge in [0.1, 0.15) is 37.1 Å². The number of ketones is 4. The van der Waals surface area contributed by atoms with Crippen LogP contribution >= 0.6 is 0 Å². The molecule has 0 aromatic heterocycles. The Morgan fingerprint density at radius 3 is 1.38 bits per heavy atom. The van der Waals surface area contributed by atoms with Crippen molar-refractivity contribution in [3.8, 4) is 0 Å². The molecule has 0 heterocycles. The molecule has 4 saturated carbocycles. The largest absolute Gasteiger partial charge is 0.462 e. The van der Waals surface area contributed by atoms with E-state index in [0.29, 0.717) is 12.8 Å². The smallest absolute Gasteiger partial charge is 0.306 e. The van der Waals surface area contributed by atoms with Crippen LogP contribution in [0.1, 0.15) is 80.1 Å². The highest BCUT2D eigenvalue weighted by atomic mass is 19.1. The lowest BCUT2D eigenvalue weighted by atomic mass is 9.48. The number of esters is 2. The number of Topliss-reactive ketones (excluding diaryl/α,β-unsaturated/α-hetero) is 2. The first-order chi connectivity index (χ1) is 28.2. The molecular formula is C48H56F2O10. The minimum atomic E-state index is -1.01. The van der Waals surface area contributed by atoms with E-state index in [1.165, 1.54) is 36.5 Å². The summed E-state index contributed by atoms with van der Waals surface area (Å²) in [6.07, 6.45) is 11.1. The molecule has 0 aromatic carbocycles. The molecule has 0 amide bonds. The molecule has 0 radical (unpaired) electrons. The van der Waals surface area contributed by atoms with E-state index in [0.717, 1.165) is 0 Å². The van der Waals surface area contributed by atoms with Crippen LogP contribution in [0.3, 0.4) is 0 Å². The van der Waals surface area contributed by atoms with E-state index in [9.17, 15) is 39.0 Å². The van der Waals surface area contributed by atoms with Crippen LogP contribution in [-0.2, 0) is 38.2 Å². The molecule has 16 atom stereocenters. The van der Waals surface area contributed by atoms with Gasteiger partial charge in [-0.05, 0) is 108 Å². The van der Waals surface area contributed by atoms with Crippen molar-refractivity contribution in [1.82, 2.24) is 0 Å². The second-order valence-electron chi connectivity index (χ2n) is 20.2. The Bertz CT molecular complexity index is 1980. The number of rotatable bonds is 9. The van der Waals surface area contributed by atoms with Gasteiger partial charge in [0.25, 0.3) is 0 Å². The van der Waals surface area contributed by atoms with Crippen LogP contribution in [0.15, 0.2) is 71.4 Å². The van der Waals surface area contributed by atoms with Gasteiger partial charge in [-0.2, -0.15) is 0 Å². The predicted octanol–water partition coefficient (Wildman–Crippen LogP) is 6.42. The molecule has 0 aromatic rings. The van der Waals surface area contributed by atoms with E-state index in [4.69, 9.17) is 9.47 Å². The number of allylic oxidation sites excluding steroid dienone is 12. The van der Waals surface area contributed by atoms with E-state index in [1.54, 1.807) is 12.2 Å². The third-order valence-corrected chi connectivity index (χ3v) is 16.9. The summed E-state index contributed by atoms with van der Waals surface area (Å²) in [5, 5.41) is 20.0. The lowest BCUT2D eigenvalue weighted by Gasteiger charge is -2.57. The molecule has 0 aliphatic heterocycles. The number of hydrogen-bond acceptors (Lipinski definition) is 10. The Morgan fingerprint density at radius 1 is 0.667 bits per heavy atom. The number of ether oxygens (including phenoxy) is 2. The summed E-state index contributed by atoms with van der Waals surface area (Å²) >= 11 is 0. The molecule has 2 N–H and O–H groups in total. The van der Waals surface area contributed by atoms with Gasteiger partial charge in [-0.15, -0.1) is 0 Å². The SMILES string of the molecule is CC1C[C@H]2[C@@H]3C=C(F)C4=CC(=O)C=C[C@]4(C)[C@H]3C(OC(=O)CCC(=O)OC3C[C@]4(C)[C@@H](C(=O)CO)C(C)C[C@H]4[C@@H]4C=C(F)C5=CC(=O)C=C[C@]5(C)[C@@H]34)C[C@]2(C)[C@H]1C(=O)CO. The quantitative estimate of drug-likeness (QED) is 0.248. The Balaban J connectivity index is 1.06. The van der Waals surface area contributed by atoms with E-state index < -0.39 is 106 Å². The molecule has 10 nitrogen and oxygen atoms in total. The number of fused-ring (bicyclic) bond motifs is 10. The van der Waals surface area contributed by atoms with Crippen LogP contribution in [0.2, 0.25) is 0 Å². The van der Waals surface area contributed by atoms with Crippen LogP contribution in [0.5, 0.6) is 0 Å². The van der Waals surface area contributed by atoms with Crippen molar-refractivity contribution in [2.75, 3.05) is 13.2 Å². The highest BCUT2D eigenvalue weighted by Crippen LogP contribution is 2.69. The van der Waals surface area contributed by atoms with Crippen molar-refractivity contribution in [1.29, 1.82) is 0 Å². The molecule has 8 rings (SSSR count). The molecule has 4 unspecified atom stereocenters. The van der Waals surface area contributed by atoms with Crippen LogP contribution in [0.4, 0.5) is 8.78 Å². The maximum Gasteiger partial charge on any atom is 0.306 e. The molecule has 12 heteroatoms. The summed E-state index contributed by atoms with van der Waals surface area (Å²) in [6.45, 7) is 10.2. The Labute approximate surface area is 349 Å². The van der Waals surface area contributed by atoms with E-state index >= 15 is 8.78 Å². The lowest BCUT2D eigenvalue weighted by molar-refractivity contribution is -0.176. The Hall–Kier alpha value is -4.16. The van der Waals surface area contributed by atoms with E-state index in [-0.39, 0.29) is 83.6 Å². The van der Waals surface area contributed by atoms with Gasteiger partial charge in [0.15, 0.2) is 23.1 Å². The van der Waals surface area contributed by atoms with Gasteiger partial charge >= 0.3 is 11.9 Å². The molecule has 322 valence electrons. The zero-order valence-corrected chi connectivity index (χ0v) is 35.1. The van der Waals surface area contributed by atoms with Gasteiger partial charge in [0, 0.05) is 45.6 Å². The Morgan fingerprint density at radius 2 is 1.03 bits per heavy atom. The molecule has 8 aliphatic rings. The summed E-state index contributed by atoms with van der Waals surface area (Å²) in [7, 11) is 0. The van der Waals surface area contributed by atoms with Gasteiger partial charge in [-0.25, -0.2) is 8.78 Å². The average molecular weight is 831 g/mol. The number of aliphatic hydroxyl groups excluding tert-OH is 2. The van der Waals surface area contributed by atoms with E-state index in [1.807, 2.05) is 41.5 Å². The van der Waals surface area contributed by atoms with E-state index in [2.05, 4.69) is 0 Å². The predicted molar refractivity (Wildman–Crippen MR) is 213 cm³/mol. The van der Waals surface area contributed by atoms with Gasteiger partial charge in [0.2, 0.25) is 0 Å². The van der Waals surface area contributed by atoms with Crippen LogP contribution < -0.4 is 0 Å². The van der Waals surface area contributed by atoms with Crippen molar-refractivity contribution >= 4 is 35.1 Å². The second-order valence-corrected chi connectivity index (χ2v) is 20.2. The van der Waals surface area contributed by atoms with Gasteiger partial charge in [-0.1, -0.05) is 53.7 Å². The topological polar surface area (TPSA) is 161 Å². The highest BCUT2D eigenvalue weighted by Gasteiger charge is 2.67. The van der Waals surface area contributed by atoms with Crippen LogP contribution in [0, 0.1) is 80.8 Å². The molecule has 8 aliphatic carbocycles. The number of aliphatic hydroxyl groups is 2. The van der Waals surface area contributed by atoms with Gasteiger partial charge < -0.3 is 19.7 Å². The van der Waals surface area contributed by atoms with Crippen molar-refractivity contribution in [2.24, 2.45) is 80.8 Å². The zero-order valence-electron chi connectivity index (χ0n) is 35.1. The number of carbonyl (C=O) groups is 6. The fourth-order valence-electron chi connectivity index (χ4n) is 14.8. The first-order valence-electron chi connectivity index (χ1n) is 21.5. The van der Waals surface area contributed by atoms with Crippen molar-refractivity contribution in [3.05, 3.63) is 71.4 Å². The Kier molecular flexibility index (Phi) is 10.4. The van der Waals surface area contributed by atoms with Crippen molar-refractivity contribution in [3.63, 3.8) is 0 Å². The monoisotopic (exact) mass is 830 g/mol. The average Bonchev–Trinajstić information content (AvgIpc) is 3.61. The number of carbonyl (C=O) groups excluding carboxylic acids is 6. The fourth-order valence-corrected chi connectivity index (χ4v) is 14.8. The van der Waals surface area contributed by atoms with Crippen LogP contribution in [-0.4, -0.2) is 70.7 Å². The minimum absolute atomic E-state index is 0.120. The molecule has 0 spiro atoms. The highest BCUT2D eigenvalue weighted by molar-refractivity contribution is 6.02. The molecule has 60 heavy (non-hydrogen) atoms. The summed E-state index contributed by atoms with van der Waals surface area (Å²) in [6, 6.07) is 0. The fraction of sp³-hybridized carbons (Fsp3) is 0.625. The van der Waals surface area contributed by atoms with Crippen molar-refractivity contribution in [2.45, 2.75) is 92.3 Å². The summed E-state index contributed by atoms with van der Waals surface area (Å²) < 4.78 is 44.6. The standard InChI is InChI=1S/C48H56F2O10/c1-23-13-29-27-17-33(49)31-15-25(53)9-11-45(31,3)43(27)37(19-47(29,5)41(23)35(55)21-51)59-39(57)7-8-40(58)60-38-20-48(6)30(14-24(2)42(48)36(56)22-52)28-18-34(50)32-16-26(54)10-12-46(32,4)44(28)38/h9-12,15-18,23-24,27-30,37-38,41-44,51-52H,7-8,13-14,19-22H2,1-6H3/t23?,24?,27-,28-,29-,30-,37?,38?,41+,42+,43+,44+,45-,46-,47-,48-/m0/s1. The minimum Gasteiger partial charge on any atom is -0.462 e. The first kappa shape index (κ1) is 42.5. The molecule has 0 saturated heterocycles. The normalized spacial score (nSPS) is 44.7. The third-order valence-electron chi connectivity index (χ3n) is 16.9. The molecular weight excluding hydrogens is 775 g/mol. The maximum atomic E-state index is 16.0. The maximum absolute atomic E-state index is 16.0.